The maximum atomic E-state index is 13.3. The molecule has 0 heterocycles. The highest BCUT2D eigenvalue weighted by Gasteiger charge is 2.24. The van der Waals surface area contributed by atoms with Gasteiger partial charge in [-0.1, -0.05) is 13.8 Å². The van der Waals surface area contributed by atoms with Gasteiger partial charge in [0.05, 0.1) is 5.56 Å². The smallest absolute Gasteiger partial charge is 0.338 e. The molecule has 1 aliphatic carbocycles. The van der Waals surface area contributed by atoms with Crippen molar-refractivity contribution in [2.75, 3.05) is 5.32 Å². The molecule has 3 atom stereocenters. The monoisotopic (exact) mass is 265 g/mol. The van der Waals surface area contributed by atoms with Gasteiger partial charge in [-0.05, 0) is 49.3 Å². The van der Waals surface area contributed by atoms with Gasteiger partial charge in [0.2, 0.25) is 0 Å². The number of carboxylic acids is 1. The fourth-order valence-corrected chi connectivity index (χ4v) is 2.69. The summed E-state index contributed by atoms with van der Waals surface area (Å²) in [5.41, 5.74) is 0.410. The highest BCUT2D eigenvalue weighted by Crippen LogP contribution is 2.31. The molecular weight excluding hydrogens is 245 g/mol. The highest BCUT2D eigenvalue weighted by molar-refractivity contribution is 5.89. The maximum Gasteiger partial charge on any atom is 0.338 e. The molecule has 2 rings (SSSR count). The number of hydrogen-bond acceptors (Lipinski definition) is 2. The zero-order valence-electron chi connectivity index (χ0n) is 11.3. The Bertz CT molecular complexity index is 475. The minimum absolute atomic E-state index is 0.276. The lowest BCUT2D eigenvalue weighted by Gasteiger charge is -2.33. The molecule has 0 bridgehead atoms. The first-order chi connectivity index (χ1) is 8.97. The molecule has 2 N–H and O–H groups in total. The van der Waals surface area contributed by atoms with E-state index in [2.05, 4.69) is 19.2 Å². The summed E-state index contributed by atoms with van der Waals surface area (Å²) in [4.78, 5) is 10.9. The van der Waals surface area contributed by atoms with E-state index in [1.807, 2.05) is 0 Å². The average Bonchev–Trinajstić information content (AvgIpc) is 2.36. The van der Waals surface area contributed by atoms with Crippen LogP contribution < -0.4 is 5.32 Å². The Balaban J connectivity index is 2.07. The van der Waals surface area contributed by atoms with E-state index >= 15 is 0 Å². The normalized spacial score (nSPS) is 27.0. The summed E-state index contributed by atoms with van der Waals surface area (Å²) in [6.07, 6.45) is 3.32. The minimum Gasteiger partial charge on any atom is -0.478 e. The number of halogens is 1. The predicted octanol–water partition coefficient (Wildman–Crippen LogP) is 3.76. The van der Waals surface area contributed by atoms with Crippen LogP contribution in [0.1, 0.15) is 43.5 Å². The second kappa shape index (κ2) is 5.59. The number of hydrogen-bond donors (Lipinski definition) is 2. The fourth-order valence-electron chi connectivity index (χ4n) is 2.69. The van der Waals surface area contributed by atoms with E-state index < -0.39 is 11.8 Å². The summed E-state index contributed by atoms with van der Waals surface area (Å²) in [5, 5.41) is 12.2. The van der Waals surface area contributed by atoms with Gasteiger partial charge in [-0.15, -0.1) is 0 Å². The summed E-state index contributed by atoms with van der Waals surface area (Å²) >= 11 is 0. The van der Waals surface area contributed by atoms with Crippen molar-refractivity contribution in [3.63, 3.8) is 0 Å². The van der Waals surface area contributed by atoms with Crippen molar-refractivity contribution < 1.29 is 14.3 Å². The van der Waals surface area contributed by atoms with Crippen molar-refractivity contribution >= 4 is 11.7 Å². The van der Waals surface area contributed by atoms with Crippen LogP contribution in [0.25, 0.3) is 0 Å². The van der Waals surface area contributed by atoms with Crippen LogP contribution in [0, 0.1) is 17.7 Å². The Morgan fingerprint density at radius 2 is 2.05 bits per heavy atom. The van der Waals surface area contributed by atoms with Crippen molar-refractivity contribution in [2.24, 2.45) is 11.8 Å². The molecular formula is C15H20FNO2. The molecule has 0 saturated heterocycles. The van der Waals surface area contributed by atoms with Gasteiger partial charge in [0.15, 0.2) is 0 Å². The van der Waals surface area contributed by atoms with Crippen molar-refractivity contribution in [3.8, 4) is 0 Å². The van der Waals surface area contributed by atoms with E-state index in [9.17, 15) is 9.18 Å². The van der Waals surface area contributed by atoms with Crippen LogP contribution >= 0.6 is 0 Å². The van der Waals surface area contributed by atoms with Crippen LogP contribution in [-0.2, 0) is 0 Å². The third-order valence-electron chi connectivity index (χ3n) is 4.17. The molecule has 0 spiro atoms. The lowest BCUT2D eigenvalue weighted by atomic mass is 9.79. The van der Waals surface area contributed by atoms with Crippen LogP contribution in [0.3, 0.4) is 0 Å². The van der Waals surface area contributed by atoms with Gasteiger partial charge in [0.25, 0.3) is 0 Å². The number of carbonyl (C=O) groups is 1. The van der Waals surface area contributed by atoms with Gasteiger partial charge >= 0.3 is 5.97 Å². The van der Waals surface area contributed by atoms with Gasteiger partial charge < -0.3 is 10.4 Å². The van der Waals surface area contributed by atoms with Crippen molar-refractivity contribution in [3.05, 3.63) is 29.6 Å². The molecule has 0 amide bonds. The summed E-state index contributed by atoms with van der Waals surface area (Å²) in [6, 6.07) is 4.53. The largest absolute Gasteiger partial charge is 0.478 e. The molecule has 4 heteroatoms. The number of benzene rings is 1. The van der Waals surface area contributed by atoms with Crippen molar-refractivity contribution in [1.82, 2.24) is 0 Å². The van der Waals surface area contributed by atoms with Crippen LogP contribution in [0.4, 0.5) is 10.1 Å². The standard InChI is InChI=1S/C15H20FNO2/c1-9-3-4-11(7-10(9)2)17-12-5-6-14(16)13(8-12)15(18)19/h5-6,8-11,17H,3-4,7H2,1-2H3,(H,18,19). The first kappa shape index (κ1) is 13.8. The third kappa shape index (κ3) is 3.25. The Morgan fingerprint density at radius 1 is 1.32 bits per heavy atom. The van der Waals surface area contributed by atoms with Gasteiger partial charge in [0.1, 0.15) is 5.82 Å². The second-order valence-electron chi connectivity index (χ2n) is 5.61. The summed E-state index contributed by atoms with van der Waals surface area (Å²) in [7, 11) is 0. The van der Waals surface area contributed by atoms with Crippen LogP contribution in [-0.4, -0.2) is 17.1 Å². The topological polar surface area (TPSA) is 49.3 Å². The summed E-state index contributed by atoms with van der Waals surface area (Å²) in [5.74, 6) is -0.526. The molecule has 3 nitrogen and oxygen atoms in total. The molecule has 1 aromatic carbocycles. The third-order valence-corrected chi connectivity index (χ3v) is 4.17. The summed E-state index contributed by atoms with van der Waals surface area (Å²) < 4.78 is 13.3. The molecule has 104 valence electrons. The molecule has 0 aliphatic heterocycles. The SMILES string of the molecule is CC1CCC(Nc2ccc(F)c(C(=O)O)c2)CC1C. The molecule has 19 heavy (non-hydrogen) atoms. The van der Waals surface area contributed by atoms with E-state index in [0.717, 1.165) is 18.8 Å². The summed E-state index contributed by atoms with van der Waals surface area (Å²) in [6.45, 7) is 4.51. The van der Waals surface area contributed by atoms with Gasteiger partial charge in [-0.2, -0.15) is 0 Å². The van der Waals surface area contributed by atoms with Crippen molar-refractivity contribution in [1.29, 1.82) is 0 Å². The Labute approximate surface area is 112 Å². The molecule has 1 aliphatic rings. The first-order valence-electron chi connectivity index (χ1n) is 6.76. The molecule has 1 fully saturated rings. The van der Waals surface area contributed by atoms with E-state index in [-0.39, 0.29) is 5.56 Å². The Morgan fingerprint density at radius 3 is 2.68 bits per heavy atom. The Kier molecular flexibility index (Phi) is 4.08. The lowest BCUT2D eigenvalue weighted by molar-refractivity contribution is 0.0692. The van der Waals surface area contributed by atoms with Gasteiger partial charge in [-0.3, -0.25) is 0 Å². The zero-order valence-corrected chi connectivity index (χ0v) is 11.3. The number of anilines is 1. The molecule has 0 radical (unpaired) electrons. The molecule has 1 saturated carbocycles. The number of nitrogens with one attached hydrogen (secondary N) is 1. The average molecular weight is 265 g/mol. The maximum absolute atomic E-state index is 13.3. The second-order valence-corrected chi connectivity index (χ2v) is 5.61. The van der Waals surface area contributed by atoms with Crippen LogP contribution in [0.15, 0.2) is 18.2 Å². The fraction of sp³-hybridized carbons (Fsp3) is 0.533. The number of aromatic carboxylic acids is 1. The molecule has 0 aromatic heterocycles. The lowest BCUT2D eigenvalue weighted by Crippen LogP contribution is -2.30. The van der Waals surface area contributed by atoms with E-state index in [4.69, 9.17) is 5.11 Å². The van der Waals surface area contributed by atoms with Crippen LogP contribution in [0.2, 0.25) is 0 Å². The Hall–Kier alpha value is -1.58. The van der Waals surface area contributed by atoms with Crippen molar-refractivity contribution in [2.45, 2.75) is 39.2 Å². The van der Waals surface area contributed by atoms with E-state index in [1.54, 1.807) is 6.07 Å². The van der Waals surface area contributed by atoms with E-state index in [1.165, 1.54) is 18.6 Å². The van der Waals surface area contributed by atoms with E-state index in [0.29, 0.717) is 17.6 Å². The highest BCUT2D eigenvalue weighted by atomic mass is 19.1. The van der Waals surface area contributed by atoms with Gasteiger partial charge in [-0.25, -0.2) is 9.18 Å². The molecule has 1 aromatic rings. The van der Waals surface area contributed by atoms with Crippen LogP contribution in [0.5, 0.6) is 0 Å². The first-order valence-corrected chi connectivity index (χ1v) is 6.76. The number of rotatable bonds is 3. The van der Waals surface area contributed by atoms with Gasteiger partial charge in [0, 0.05) is 11.7 Å². The molecule has 3 unspecified atom stereocenters. The quantitative estimate of drug-likeness (QED) is 0.874. The minimum atomic E-state index is -1.23. The zero-order chi connectivity index (χ0) is 14.0. The number of carboxylic acid groups (broad SMARTS) is 1. The predicted molar refractivity (Wildman–Crippen MR) is 72.9 cm³/mol.